The molecule has 77 heavy (non-hydrogen) atoms. The van der Waals surface area contributed by atoms with Crippen molar-refractivity contribution in [3.63, 3.8) is 0 Å². The van der Waals surface area contributed by atoms with E-state index in [4.69, 9.17) is 48.6 Å². The molecule has 0 unspecified atom stereocenters. The zero-order chi connectivity index (χ0) is 94.2. The van der Waals surface area contributed by atoms with Gasteiger partial charge in [0.05, 0.1) is 35.9 Å². The fourth-order valence-corrected chi connectivity index (χ4v) is 9.27. The SMILES string of the molecule is [2H]c1c([2H])c([2H])c(-c2cnc(-n3c4[c-]c(Oc5[c-]c(-n6[c-][n+](-c7c(-c8c([2H])c([2H])c9c(c8[2H])C(C([2H])([2H])[2H])(C([2H])([2H])[2H])C([2H])([2H])C([2H])([2H])C9(C([2H])([2H])[2H])C([2H])([2H])[2H])c([2H])c([2H])c([2H])c7-c7c([2H])c([2H])c8c(c7[2H])C(C([2H])([2H])[2H])(C([2H])([2H])[2H])C([2H])([2H])C([2H])([2H])C8(C([2H])([2H])[2H])C([2H])([2H])[2H])c7ccccc76)ccc5)ccc4c4ccccc43)cc2C([2H])([2H])[2H])c([2H])c1[2H].[Pt]. The minimum atomic E-state index is -5.03. The molecule has 0 saturated carbocycles. The van der Waals surface area contributed by atoms with Gasteiger partial charge in [0.2, 0.25) is 0 Å². The second-order valence-corrected chi connectivity index (χ2v) is 17.8. The van der Waals surface area contributed by atoms with Crippen LogP contribution in [0.2, 0.25) is 0 Å². The van der Waals surface area contributed by atoms with Crippen molar-refractivity contribution in [1.29, 1.82) is 0 Å². The third-order valence-corrected chi connectivity index (χ3v) is 12.8. The molecule has 3 aromatic heterocycles. The van der Waals surface area contributed by atoms with Crippen LogP contribution >= 0.6 is 0 Å². The molecule has 5 nitrogen and oxygen atoms in total. The molecule has 0 N–H and O–H groups in total. The van der Waals surface area contributed by atoms with Crippen LogP contribution in [0.15, 0.2) is 176 Å². The molecule has 0 atom stereocenters. The van der Waals surface area contributed by atoms with Crippen molar-refractivity contribution in [3.8, 4) is 62.1 Å². The molecule has 0 saturated heterocycles. The Bertz CT molecular complexity index is 6120. The van der Waals surface area contributed by atoms with Crippen LogP contribution < -0.4 is 9.30 Å². The van der Waals surface area contributed by atoms with Crippen LogP contribution in [0.4, 0.5) is 0 Å². The maximum Gasteiger partial charge on any atom is 0.268 e. The van der Waals surface area contributed by atoms with Crippen molar-refractivity contribution in [3.05, 3.63) is 222 Å². The number of hydrogen-bond acceptors (Lipinski definition) is 2. The fraction of sp³-hybridized carbons (Fsp3) is 0.239. The summed E-state index contributed by atoms with van der Waals surface area (Å²) in [5.41, 5.74) is -37.6. The summed E-state index contributed by atoms with van der Waals surface area (Å²) >= 11 is 0. The maximum absolute atomic E-state index is 10.4. The Balaban J connectivity index is 0.0000144. The molecule has 0 radical (unpaired) electrons. The quantitative estimate of drug-likeness (QED) is 0.112. The summed E-state index contributed by atoms with van der Waals surface area (Å²) in [6, 6.07) is 5.01. The van der Waals surface area contributed by atoms with Gasteiger partial charge in [-0.3, -0.25) is 4.57 Å². The van der Waals surface area contributed by atoms with Gasteiger partial charge in [-0.05, 0) is 133 Å². The van der Waals surface area contributed by atoms with Crippen LogP contribution in [0.1, 0.15) is 175 Å². The average molecular weight is 1230 g/mol. The molecule has 0 fully saturated rings. The number of aryl methyl sites for hydroxylation is 1. The summed E-state index contributed by atoms with van der Waals surface area (Å²) in [7, 11) is 0. The number of imidazole rings is 1. The van der Waals surface area contributed by atoms with E-state index in [0.29, 0.717) is 20.9 Å². The molecule has 13 rings (SSSR count). The third kappa shape index (κ3) is 8.57. The van der Waals surface area contributed by atoms with E-state index in [9.17, 15) is 23.3 Å². The topological polar surface area (TPSA) is 35.9 Å². The first-order valence-electron chi connectivity index (χ1n) is 47.3. The number of pyridine rings is 1. The van der Waals surface area contributed by atoms with E-state index in [1.165, 1.54) is 47.0 Å². The smallest absolute Gasteiger partial charge is 0.268 e. The minimum Gasteiger partial charge on any atom is -0.510 e. The van der Waals surface area contributed by atoms with Crippen LogP contribution in [0, 0.1) is 25.3 Å². The first kappa shape index (κ1) is 19.5. The number of aromatic nitrogens is 4. The molecule has 3 heterocycles. The Kier molecular flexibility index (Phi) is 4.75. The minimum absolute atomic E-state index is 0. The van der Waals surface area contributed by atoms with E-state index < -0.39 is 260 Å². The van der Waals surface area contributed by atoms with Gasteiger partial charge in [0.15, 0.2) is 0 Å². The van der Waals surface area contributed by atoms with E-state index in [2.05, 4.69) is 23.4 Å². The van der Waals surface area contributed by atoms with Crippen LogP contribution in [0.25, 0.3) is 83.4 Å². The number of benzene rings is 8. The average Bonchev–Trinajstić information content (AvgIpc) is 0.690. The van der Waals surface area contributed by atoms with Gasteiger partial charge in [0.1, 0.15) is 5.82 Å². The van der Waals surface area contributed by atoms with E-state index >= 15 is 0 Å². The second kappa shape index (κ2) is 18.7. The summed E-state index contributed by atoms with van der Waals surface area (Å²) in [6.45, 7) is -40.7. The summed E-state index contributed by atoms with van der Waals surface area (Å²) in [5.74, 6) is -0.511. The van der Waals surface area contributed by atoms with Crippen molar-refractivity contribution in [2.75, 3.05) is 0 Å². The summed E-state index contributed by atoms with van der Waals surface area (Å²) < 4.78 is 461. The van der Waals surface area contributed by atoms with Crippen molar-refractivity contribution in [2.45, 2.75) is 109 Å². The maximum atomic E-state index is 10.4. The second-order valence-electron chi connectivity index (χ2n) is 17.8. The van der Waals surface area contributed by atoms with Crippen molar-refractivity contribution < 1.29 is 97.5 Å². The molecule has 2 aliphatic rings. The van der Waals surface area contributed by atoms with Gasteiger partial charge in [-0.25, -0.2) is 4.98 Å². The Labute approximate surface area is 537 Å². The zero-order valence-electron chi connectivity index (χ0n) is 88.2. The van der Waals surface area contributed by atoms with Gasteiger partial charge in [0.25, 0.3) is 6.33 Å². The molecular weight excluding hydrogens is 1120 g/mol. The normalized spacial score (nSPS) is 29.3. The van der Waals surface area contributed by atoms with Crippen molar-refractivity contribution in [1.82, 2.24) is 14.1 Å². The summed E-state index contributed by atoms with van der Waals surface area (Å²) in [6.07, 6.45) is -16.1. The molecule has 6 heteroatoms. The van der Waals surface area contributed by atoms with Gasteiger partial charge < -0.3 is 13.9 Å². The van der Waals surface area contributed by atoms with E-state index in [0.717, 1.165) is 22.9 Å². The molecule has 0 bridgehead atoms. The Morgan fingerprint density at radius 3 is 1.87 bits per heavy atom. The van der Waals surface area contributed by atoms with Crippen LogP contribution in [-0.2, 0) is 42.7 Å². The van der Waals surface area contributed by atoms with Crippen molar-refractivity contribution >= 4 is 32.8 Å². The van der Waals surface area contributed by atoms with Crippen LogP contribution in [0.3, 0.4) is 0 Å². The van der Waals surface area contributed by atoms with E-state index in [-0.39, 0.29) is 60.7 Å². The van der Waals surface area contributed by atoms with Gasteiger partial charge >= 0.3 is 0 Å². The van der Waals surface area contributed by atoms with Gasteiger partial charge in [-0.2, -0.15) is 18.2 Å². The van der Waals surface area contributed by atoms with Gasteiger partial charge in [-0.1, -0.05) is 187 Å². The van der Waals surface area contributed by atoms with E-state index in [1.807, 2.05) is 0 Å². The summed E-state index contributed by atoms with van der Waals surface area (Å²) in [4.78, 5) is 4.58. The predicted octanol–water partition coefficient (Wildman–Crippen LogP) is 17.6. The molecule has 8 aromatic carbocycles. The largest absolute Gasteiger partial charge is 0.510 e. The Morgan fingerprint density at radius 1 is 0.584 bits per heavy atom. The van der Waals surface area contributed by atoms with E-state index in [1.54, 1.807) is 30.3 Å². The molecule has 0 aliphatic heterocycles. The zero-order valence-corrected chi connectivity index (χ0v) is 41.4. The number of nitrogens with zero attached hydrogens (tertiary/aromatic N) is 4. The number of hydrogen-bond donors (Lipinski definition) is 0. The third-order valence-electron chi connectivity index (χ3n) is 12.8. The van der Waals surface area contributed by atoms with Gasteiger partial charge in [0, 0.05) is 97.8 Å². The van der Waals surface area contributed by atoms with Crippen LogP contribution in [0.5, 0.6) is 11.5 Å². The Hall–Kier alpha value is -7.33. The van der Waals surface area contributed by atoms with Gasteiger partial charge in [-0.15, -0.1) is 29.7 Å². The molecule has 0 amide bonds. The van der Waals surface area contributed by atoms with Crippen LogP contribution in [-0.4, -0.2) is 14.1 Å². The van der Waals surface area contributed by atoms with Crippen molar-refractivity contribution in [2.24, 2.45) is 0 Å². The first-order valence-corrected chi connectivity index (χ1v) is 22.8. The number of para-hydroxylation sites is 4. The Morgan fingerprint density at radius 2 is 1.21 bits per heavy atom. The molecule has 11 aromatic rings. The molecule has 0 spiro atoms. The standard InChI is InChI=1S/C71H64N4O.Pt/c1-46-39-66(72-44-57(46)47-19-11-10-12-20-47)75-62-26-14-13-23-55(62)56-32-31-52(43-65(56)75)76-51-22-17-21-50(42-51)73-45-74(64-28-16-15-27-63(64)73)67-53(48-29-33-58-60(40-48)70(6,7)37-35-68(58,2)3)24-18-25-54(67)49-30-34-59-61(41-49)71(8,9)38-36-69(59,4)5;/h10-34,39-41,44H,35-38H2,1-9H3;/q-2;/i1D3,2D3,3D3,4D3,5D3,6D3,7D3,8D3,9D3,10D,11D,12D,18D,19D,20D,24D,25D,29D,30D,33D,34D,35D2,36D2,37D2,38D2,40D,41D;. The number of ether oxygens (including phenoxy) is 1. The predicted molar refractivity (Wildman–Crippen MR) is 312 cm³/mol. The summed E-state index contributed by atoms with van der Waals surface area (Å²) in [5, 5.41) is 0.981. The fourth-order valence-electron chi connectivity index (χ4n) is 9.27. The number of rotatable bonds is 8. The molecule has 386 valence electrons. The molecule has 2 aliphatic carbocycles. The number of fused-ring (bicyclic) bond motifs is 6. The molecular formula is C71H64N4OPt-2. The monoisotopic (exact) mass is 1230 g/mol. The first-order chi connectivity index (χ1) is 56.7.